The van der Waals surface area contributed by atoms with Gasteiger partial charge in [0, 0.05) is 30.8 Å². The third-order valence-electron chi connectivity index (χ3n) is 1.54. The van der Waals surface area contributed by atoms with Crippen LogP contribution in [0.15, 0.2) is 20.0 Å². The molecule has 0 aliphatic rings. The second-order valence-corrected chi connectivity index (χ2v) is 6.14. The highest BCUT2D eigenvalue weighted by Gasteiger charge is 2.23. The molecule has 0 bridgehead atoms. The zero-order valence-corrected chi connectivity index (χ0v) is 11.0. The number of furan rings is 1. The summed E-state index contributed by atoms with van der Waals surface area (Å²) in [5, 5.41) is 0. The summed E-state index contributed by atoms with van der Waals surface area (Å²) in [6.45, 7) is 0. The van der Waals surface area contributed by atoms with Crippen molar-refractivity contribution in [3.63, 3.8) is 0 Å². The van der Waals surface area contributed by atoms with Gasteiger partial charge < -0.3 is 9.32 Å². The van der Waals surface area contributed by atoms with E-state index in [1.165, 1.54) is 19.0 Å². The van der Waals surface area contributed by atoms with Crippen molar-refractivity contribution in [3.05, 3.63) is 16.5 Å². The number of nitrogens with zero attached hydrogens (tertiary/aromatic N) is 1. The maximum atomic E-state index is 11.4. The van der Waals surface area contributed by atoms with Gasteiger partial charge in [-0.15, -0.1) is 0 Å². The van der Waals surface area contributed by atoms with Crippen molar-refractivity contribution in [2.45, 2.75) is 4.90 Å². The van der Waals surface area contributed by atoms with E-state index in [0.717, 1.165) is 6.07 Å². The summed E-state index contributed by atoms with van der Waals surface area (Å²) < 4.78 is 26.9. The van der Waals surface area contributed by atoms with Crippen molar-refractivity contribution in [2.75, 3.05) is 14.1 Å². The first-order valence-electron chi connectivity index (χ1n) is 3.69. The van der Waals surface area contributed by atoms with Crippen LogP contribution in [0.25, 0.3) is 0 Å². The Kier molecular flexibility index (Phi) is 3.47. The molecule has 0 saturated carbocycles. The molecule has 0 fully saturated rings. The molecular formula is C7H7BrClNO4S. The molecule has 5 nitrogen and oxygen atoms in total. The molecule has 1 heterocycles. The average Bonchev–Trinajstić information content (AvgIpc) is 2.44. The molecule has 0 radical (unpaired) electrons. The second kappa shape index (κ2) is 4.15. The lowest BCUT2D eigenvalue weighted by atomic mass is 10.4. The number of carbonyl (C=O) groups is 1. The lowest BCUT2D eigenvalue weighted by Gasteiger charge is -2.06. The molecule has 0 aliphatic heterocycles. The van der Waals surface area contributed by atoms with Gasteiger partial charge in [-0.05, 0) is 15.9 Å². The van der Waals surface area contributed by atoms with E-state index in [4.69, 9.17) is 15.1 Å². The minimum Gasteiger partial charge on any atom is -0.443 e. The summed E-state index contributed by atoms with van der Waals surface area (Å²) in [6.07, 6.45) is 0. The molecule has 0 aliphatic carbocycles. The highest BCUT2D eigenvalue weighted by Crippen LogP contribution is 2.29. The van der Waals surface area contributed by atoms with Crippen molar-refractivity contribution >= 4 is 41.6 Å². The number of carbonyl (C=O) groups excluding carboxylic acids is 1. The van der Waals surface area contributed by atoms with Crippen LogP contribution in [0.4, 0.5) is 0 Å². The van der Waals surface area contributed by atoms with Gasteiger partial charge in [0.25, 0.3) is 15.0 Å². The zero-order chi connectivity index (χ0) is 11.8. The molecule has 0 aromatic carbocycles. The Hall–Kier alpha value is -0.530. The third kappa shape index (κ3) is 2.73. The normalized spacial score (nSPS) is 11.5. The fourth-order valence-electron chi connectivity index (χ4n) is 0.844. The molecule has 1 rings (SSSR count). The van der Waals surface area contributed by atoms with Crippen LogP contribution in [0.1, 0.15) is 10.6 Å². The molecule has 0 unspecified atom stereocenters. The van der Waals surface area contributed by atoms with Crippen molar-refractivity contribution in [2.24, 2.45) is 0 Å². The fourth-order valence-corrected chi connectivity index (χ4v) is 2.88. The average molecular weight is 317 g/mol. The van der Waals surface area contributed by atoms with Crippen LogP contribution in [-0.4, -0.2) is 33.3 Å². The minimum absolute atomic E-state index is 0.0808. The Labute approximate surface area is 99.5 Å². The quantitative estimate of drug-likeness (QED) is 0.778. The van der Waals surface area contributed by atoms with Gasteiger partial charge in [0.05, 0.1) is 0 Å². The maximum absolute atomic E-state index is 11.4. The molecule has 0 atom stereocenters. The van der Waals surface area contributed by atoms with Gasteiger partial charge in [-0.3, -0.25) is 4.79 Å². The lowest BCUT2D eigenvalue weighted by molar-refractivity contribution is 0.0795. The molecule has 0 N–H and O–H groups in total. The Balaban J connectivity index is 3.24. The molecule has 15 heavy (non-hydrogen) atoms. The number of amides is 1. The Morgan fingerprint density at radius 2 is 2.07 bits per heavy atom. The van der Waals surface area contributed by atoms with E-state index in [1.54, 1.807) is 0 Å². The van der Waals surface area contributed by atoms with Crippen molar-refractivity contribution in [1.82, 2.24) is 4.90 Å². The standard InChI is InChI=1S/C7H7BrClNO4S/c1-10(2)7(11)4-3-5(6(8)14-4)15(9,12)13/h3H,1-2H3. The number of rotatable bonds is 2. The summed E-state index contributed by atoms with van der Waals surface area (Å²) in [7, 11) is 4.25. The summed E-state index contributed by atoms with van der Waals surface area (Å²) >= 11 is 2.87. The molecule has 8 heteroatoms. The van der Waals surface area contributed by atoms with Gasteiger partial charge in [0.15, 0.2) is 10.4 Å². The van der Waals surface area contributed by atoms with E-state index in [1.807, 2.05) is 0 Å². The van der Waals surface area contributed by atoms with Crippen LogP contribution < -0.4 is 0 Å². The van der Waals surface area contributed by atoms with Gasteiger partial charge in [-0.1, -0.05) is 0 Å². The smallest absolute Gasteiger partial charge is 0.289 e. The second-order valence-electron chi connectivity index (χ2n) is 2.89. The predicted octanol–water partition coefficient (Wildman–Crippen LogP) is 1.67. The van der Waals surface area contributed by atoms with Crippen molar-refractivity contribution in [1.29, 1.82) is 0 Å². The van der Waals surface area contributed by atoms with Crippen molar-refractivity contribution in [3.8, 4) is 0 Å². The van der Waals surface area contributed by atoms with E-state index in [-0.39, 0.29) is 15.3 Å². The van der Waals surface area contributed by atoms with Crippen molar-refractivity contribution < 1.29 is 17.6 Å². The highest BCUT2D eigenvalue weighted by molar-refractivity contribution is 9.10. The van der Waals surface area contributed by atoms with Crippen LogP contribution in [0.5, 0.6) is 0 Å². The molecular weight excluding hydrogens is 310 g/mol. The first-order chi connectivity index (χ1) is 6.73. The van der Waals surface area contributed by atoms with Crippen LogP contribution in [0, 0.1) is 0 Å². The van der Waals surface area contributed by atoms with Gasteiger partial charge in [-0.2, -0.15) is 0 Å². The number of halogens is 2. The Morgan fingerprint density at radius 3 is 2.40 bits per heavy atom. The van der Waals surface area contributed by atoms with Gasteiger partial charge in [0.1, 0.15) is 4.90 Å². The predicted molar refractivity (Wildman–Crippen MR) is 57.5 cm³/mol. The largest absolute Gasteiger partial charge is 0.443 e. The Morgan fingerprint density at radius 1 is 1.53 bits per heavy atom. The summed E-state index contributed by atoms with van der Waals surface area (Å²) in [5.74, 6) is -0.534. The monoisotopic (exact) mass is 315 g/mol. The van der Waals surface area contributed by atoms with E-state index in [0.29, 0.717) is 0 Å². The molecule has 1 aromatic heterocycles. The summed E-state index contributed by atoms with van der Waals surface area (Å²) in [5.41, 5.74) is 0. The summed E-state index contributed by atoms with van der Waals surface area (Å²) in [6, 6.07) is 1.08. The van der Waals surface area contributed by atoms with E-state index in [2.05, 4.69) is 15.9 Å². The van der Waals surface area contributed by atoms with Crippen LogP contribution >= 0.6 is 26.6 Å². The summed E-state index contributed by atoms with van der Waals surface area (Å²) in [4.78, 5) is 12.4. The molecule has 0 spiro atoms. The molecule has 1 aromatic rings. The van der Waals surface area contributed by atoms with Crippen LogP contribution in [0.2, 0.25) is 0 Å². The highest BCUT2D eigenvalue weighted by atomic mass is 79.9. The SMILES string of the molecule is CN(C)C(=O)c1cc(S(=O)(=O)Cl)c(Br)o1. The maximum Gasteiger partial charge on any atom is 0.289 e. The van der Waals surface area contributed by atoms with Gasteiger partial charge in [0.2, 0.25) is 0 Å². The van der Waals surface area contributed by atoms with E-state index < -0.39 is 15.0 Å². The Bertz CT molecular complexity index is 493. The van der Waals surface area contributed by atoms with E-state index >= 15 is 0 Å². The van der Waals surface area contributed by atoms with Crippen LogP contribution in [-0.2, 0) is 9.05 Å². The lowest BCUT2D eigenvalue weighted by Crippen LogP contribution is -2.20. The van der Waals surface area contributed by atoms with Gasteiger partial charge >= 0.3 is 0 Å². The number of hydrogen-bond acceptors (Lipinski definition) is 4. The molecule has 1 amide bonds. The first-order valence-corrected chi connectivity index (χ1v) is 6.79. The molecule has 0 saturated heterocycles. The fraction of sp³-hybridized carbons (Fsp3) is 0.286. The third-order valence-corrected chi connectivity index (χ3v) is 3.71. The zero-order valence-electron chi connectivity index (χ0n) is 7.82. The minimum atomic E-state index is -3.91. The number of hydrogen-bond donors (Lipinski definition) is 0. The van der Waals surface area contributed by atoms with Gasteiger partial charge in [-0.25, -0.2) is 8.42 Å². The first kappa shape index (κ1) is 12.5. The molecule has 84 valence electrons. The van der Waals surface area contributed by atoms with Crippen LogP contribution in [0.3, 0.4) is 0 Å². The van der Waals surface area contributed by atoms with E-state index in [9.17, 15) is 13.2 Å². The topological polar surface area (TPSA) is 67.6 Å².